The second-order valence-corrected chi connectivity index (χ2v) is 6.34. The standard InChI is InChI=1S/C17H10ClN3O2S/c18-12-6-8-13(9-7-12)21-15(17(22)23-20-21)14-10-24-16(19-14)11-4-2-1-3-5-11/h1-10H/p+1. The van der Waals surface area contributed by atoms with E-state index in [2.05, 4.69) is 10.3 Å². The SMILES string of the molecule is O=c1o[nH][n+](-c2ccc(Cl)cc2)c1-c1csc(-c2ccccc2)n1. The zero-order valence-electron chi connectivity index (χ0n) is 12.3. The van der Waals surface area contributed by atoms with E-state index in [-0.39, 0.29) is 0 Å². The van der Waals surface area contributed by atoms with Gasteiger partial charge < -0.3 is 0 Å². The van der Waals surface area contributed by atoms with Gasteiger partial charge in [-0.3, -0.25) is 4.52 Å². The molecule has 0 aliphatic rings. The average Bonchev–Trinajstić information content (AvgIpc) is 3.23. The first-order valence-corrected chi connectivity index (χ1v) is 8.39. The smallest absolute Gasteiger partial charge is 0.282 e. The number of nitrogens with one attached hydrogen (secondary N) is 1. The summed E-state index contributed by atoms with van der Waals surface area (Å²) in [6.45, 7) is 0. The van der Waals surface area contributed by atoms with Crippen molar-refractivity contribution < 1.29 is 9.20 Å². The molecule has 2 aromatic carbocycles. The first-order valence-electron chi connectivity index (χ1n) is 7.13. The summed E-state index contributed by atoms with van der Waals surface area (Å²) in [6.07, 6.45) is 0. The van der Waals surface area contributed by atoms with Crippen molar-refractivity contribution in [1.29, 1.82) is 0 Å². The maximum absolute atomic E-state index is 12.1. The van der Waals surface area contributed by atoms with Crippen LogP contribution in [0.2, 0.25) is 5.02 Å². The topological polar surface area (TPSA) is 62.8 Å². The Balaban J connectivity index is 1.81. The van der Waals surface area contributed by atoms with Crippen LogP contribution in [0, 0.1) is 0 Å². The third-order valence-electron chi connectivity index (χ3n) is 3.50. The molecule has 7 heteroatoms. The quantitative estimate of drug-likeness (QED) is 0.569. The third-order valence-corrected chi connectivity index (χ3v) is 4.64. The Morgan fingerprint density at radius 2 is 1.83 bits per heavy atom. The number of hydrogen-bond donors (Lipinski definition) is 1. The zero-order chi connectivity index (χ0) is 16.5. The van der Waals surface area contributed by atoms with E-state index in [1.165, 1.54) is 11.3 Å². The Bertz CT molecular complexity index is 1040. The molecule has 0 atom stereocenters. The lowest BCUT2D eigenvalue weighted by atomic mass is 10.2. The maximum Gasteiger partial charge on any atom is 0.437 e. The van der Waals surface area contributed by atoms with E-state index in [1.807, 2.05) is 35.7 Å². The largest absolute Gasteiger partial charge is 0.437 e. The molecule has 0 spiro atoms. The van der Waals surface area contributed by atoms with E-state index in [4.69, 9.17) is 16.1 Å². The molecule has 2 heterocycles. The van der Waals surface area contributed by atoms with Gasteiger partial charge in [-0.1, -0.05) is 41.9 Å². The normalized spacial score (nSPS) is 10.9. The average molecular weight is 357 g/mol. The monoisotopic (exact) mass is 356 g/mol. The van der Waals surface area contributed by atoms with Crippen molar-refractivity contribution >= 4 is 22.9 Å². The van der Waals surface area contributed by atoms with E-state index >= 15 is 0 Å². The minimum Gasteiger partial charge on any atom is -0.282 e. The summed E-state index contributed by atoms with van der Waals surface area (Å²) in [6, 6.07) is 16.9. The molecule has 0 saturated carbocycles. The number of thiazole rings is 1. The van der Waals surface area contributed by atoms with Crippen LogP contribution in [0.1, 0.15) is 0 Å². The zero-order valence-corrected chi connectivity index (χ0v) is 13.8. The number of benzene rings is 2. The van der Waals surface area contributed by atoms with E-state index in [0.717, 1.165) is 16.3 Å². The van der Waals surface area contributed by atoms with Crippen LogP contribution in [0.25, 0.3) is 27.6 Å². The van der Waals surface area contributed by atoms with Crippen LogP contribution in [0.15, 0.2) is 69.3 Å². The lowest BCUT2D eigenvalue weighted by molar-refractivity contribution is -0.660. The molecule has 0 fully saturated rings. The molecule has 0 bridgehead atoms. The van der Waals surface area contributed by atoms with Crippen molar-refractivity contribution in [3.63, 3.8) is 0 Å². The van der Waals surface area contributed by atoms with Gasteiger partial charge in [0.1, 0.15) is 5.01 Å². The second kappa shape index (κ2) is 6.07. The summed E-state index contributed by atoms with van der Waals surface area (Å²) >= 11 is 7.39. The number of aromatic nitrogens is 3. The molecule has 0 unspecified atom stereocenters. The first kappa shape index (κ1) is 14.9. The van der Waals surface area contributed by atoms with Crippen LogP contribution in [0.3, 0.4) is 0 Å². The highest BCUT2D eigenvalue weighted by Crippen LogP contribution is 2.26. The number of hydrogen-bond acceptors (Lipinski definition) is 4. The molecule has 0 radical (unpaired) electrons. The number of rotatable bonds is 3. The molecule has 0 aliphatic carbocycles. The molecule has 4 rings (SSSR count). The molecule has 5 nitrogen and oxygen atoms in total. The van der Waals surface area contributed by atoms with Gasteiger partial charge in [-0.2, -0.15) is 0 Å². The van der Waals surface area contributed by atoms with Gasteiger partial charge in [0.25, 0.3) is 0 Å². The van der Waals surface area contributed by atoms with Crippen LogP contribution in [-0.4, -0.2) is 10.3 Å². The van der Waals surface area contributed by atoms with E-state index in [9.17, 15) is 4.79 Å². The van der Waals surface area contributed by atoms with Crippen molar-refractivity contribution in [2.24, 2.45) is 0 Å². The van der Waals surface area contributed by atoms with E-state index in [0.29, 0.717) is 16.4 Å². The molecule has 0 aliphatic heterocycles. The van der Waals surface area contributed by atoms with Gasteiger partial charge in [-0.05, 0) is 22.1 Å². The predicted molar refractivity (Wildman–Crippen MR) is 92.4 cm³/mol. The van der Waals surface area contributed by atoms with Gasteiger partial charge in [-0.25, -0.2) is 9.78 Å². The van der Waals surface area contributed by atoms with E-state index < -0.39 is 5.63 Å². The van der Waals surface area contributed by atoms with Crippen LogP contribution < -0.4 is 10.3 Å². The van der Waals surface area contributed by atoms with Crippen LogP contribution in [0.4, 0.5) is 0 Å². The fraction of sp³-hybridized carbons (Fsp3) is 0. The highest BCUT2D eigenvalue weighted by molar-refractivity contribution is 7.13. The molecular formula is C17H11ClN3O2S+. The Morgan fingerprint density at radius 1 is 1.08 bits per heavy atom. The molecule has 0 amide bonds. The molecular weight excluding hydrogens is 346 g/mol. The van der Waals surface area contributed by atoms with Crippen molar-refractivity contribution in [3.05, 3.63) is 75.4 Å². The maximum atomic E-state index is 12.1. The molecule has 1 N–H and O–H groups in total. The highest BCUT2D eigenvalue weighted by atomic mass is 35.5. The first-order chi connectivity index (χ1) is 11.7. The number of halogens is 1. The summed E-state index contributed by atoms with van der Waals surface area (Å²) in [5.74, 6) is 0. The minimum atomic E-state index is -0.477. The summed E-state index contributed by atoms with van der Waals surface area (Å²) in [4.78, 5) is 16.7. The van der Waals surface area contributed by atoms with Crippen molar-refractivity contribution in [1.82, 2.24) is 10.3 Å². The summed E-state index contributed by atoms with van der Waals surface area (Å²) in [7, 11) is 0. The summed E-state index contributed by atoms with van der Waals surface area (Å²) in [5, 5.41) is 5.91. The van der Waals surface area contributed by atoms with Crippen LogP contribution in [0.5, 0.6) is 0 Å². The Kier molecular flexibility index (Phi) is 3.76. The fourth-order valence-electron chi connectivity index (χ4n) is 2.36. The van der Waals surface area contributed by atoms with Crippen molar-refractivity contribution in [2.45, 2.75) is 0 Å². The Hall–Kier alpha value is -2.70. The number of H-pyrrole nitrogens is 1. The van der Waals surface area contributed by atoms with Gasteiger partial charge in [0.2, 0.25) is 5.69 Å². The number of aromatic amines is 1. The van der Waals surface area contributed by atoms with Crippen molar-refractivity contribution in [2.75, 3.05) is 0 Å². The van der Waals surface area contributed by atoms with Gasteiger partial charge >= 0.3 is 11.3 Å². The van der Waals surface area contributed by atoms with E-state index in [1.54, 1.807) is 28.9 Å². The van der Waals surface area contributed by atoms with Crippen molar-refractivity contribution in [3.8, 4) is 27.6 Å². The molecule has 24 heavy (non-hydrogen) atoms. The fourth-order valence-corrected chi connectivity index (χ4v) is 3.30. The van der Waals surface area contributed by atoms with Gasteiger partial charge in [-0.15, -0.1) is 11.3 Å². The Labute approximate surface area is 145 Å². The lowest BCUT2D eigenvalue weighted by Gasteiger charge is -1.94. The molecule has 2 aromatic heterocycles. The Morgan fingerprint density at radius 3 is 2.58 bits per heavy atom. The minimum absolute atomic E-state index is 0.343. The molecule has 118 valence electrons. The lowest BCUT2D eigenvalue weighted by Crippen LogP contribution is -2.36. The summed E-state index contributed by atoms with van der Waals surface area (Å²) < 4.78 is 6.52. The molecule has 4 aromatic rings. The second-order valence-electron chi connectivity index (χ2n) is 5.05. The summed E-state index contributed by atoms with van der Waals surface area (Å²) in [5.41, 5.74) is 2.16. The van der Waals surface area contributed by atoms with Crippen LogP contribution in [-0.2, 0) is 0 Å². The van der Waals surface area contributed by atoms with Gasteiger partial charge in [0.15, 0.2) is 5.69 Å². The van der Waals surface area contributed by atoms with Gasteiger partial charge in [0, 0.05) is 28.1 Å². The number of nitrogens with zero attached hydrogens (tertiary/aromatic N) is 2. The van der Waals surface area contributed by atoms with Gasteiger partial charge in [0.05, 0.1) is 0 Å². The predicted octanol–water partition coefficient (Wildman–Crippen LogP) is 3.69. The highest BCUT2D eigenvalue weighted by Gasteiger charge is 2.27. The third kappa shape index (κ3) is 2.66. The molecule has 0 saturated heterocycles. The van der Waals surface area contributed by atoms with Crippen LogP contribution >= 0.6 is 22.9 Å².